The highest BCUT2D eigenvalue weighted by atomic mass is 16.6. The molecule has 2 aromatic rings. The minimum Gasteiger partial charge on any atom is -0.496 e. The molecule has 0 radical (unpaired) electrons. The van der Waals surface area contributed by atoms with Crippen LogP contribution in [0.15, 0.2) is 36.7 Å². The van der Waals surface area contributed by atoms with Gasteiger partial charge in [0, 0.05) is 69.5 Å². The van der Waals surface area contributed by atoms with Crippen LogP contribution in [0.4, 0.5) is 4.79 Å². The molecule has 0 bridgehead atoms. The van der Waals surface area contributed by atoms with E-state index in [0.717, 1.165) is 55.9 Å². The summed E-state index contributed by atoms with van der Waals surface area (Å²) in [5.41, 5.74) is 1.86. The second kappa shape index (κ2) is 6.99. The lowest BCUT2D eigenvalue weighted by molar-refractivity contribution is -0.0556. The molecule has 138 valence electrons. The van der Waals surface area contributed by atoms with Gasteiger partial charge < -0.3 is 14.8 Å². The summed E-state index contributed by atoms with van der Waals surface area (Å²) in [4.78, 5) is 13.9. The smallest absolute Gasteiger partial charge is 0.407 e. The predicted molar refractivity (Wildman–Crippen MR) is 96.5 cm³/mol. The van der Waals surface area contributed by atoms with Crippen molar-refractivity contribution in [2.75, 3.05) is 26.7 Å². The van der Waals surface area contributed by atoms with E-state index in [0.29, 0.717) is 6.54 Å². The summed E-state index contributed by atoms with van der Waals surface area (Å²) < 4.78 is 13.0. The number of nitrogens with zero attached hydrogens (tertiary/aromatic N) is 3. The standard InChI is InChI=1S/C19H24N4O3/c1-25-17-13-16(23-10-2-8-21-23)4-3-15(17)14-22-11-6-19(7-12-22)5-9-20-18(24)26-19/h2-4,8,10,13H,5-7,9,11-12,14H2,1H3,(H,20,24). The lowest BCUT2D eigenvalue weighted by Gasteiger charge is -2.43. The Morgan fingerprint density at radius 3 is 2.85 bits per heavy atom. The van der Waals surface area contributed by atoms with Gasteiger partial charge in [-0.05, 0) is 12.1 Å². The molecule has 7 nitrogen and oxygen atoms in total. The monoisotopic (exact) mass is 356 g/mol. The van der Waals surface area contributed by atoms with Crippen molar-refractivity contribution >= 4 is 6.09 Å². The Hall–Kier alpha value is -2.54. The molecular weight excluding hydrogens is 332 g/mol. The summed E-state index contributed by atoms with van der Waals surface area (Å²) in [5.74, 6) is 0.867. The summed E-state index contributed by atoms with van der Waals surface area (Å²) >= 11 is 0. The minimum atomic E-state index is -0.277. The van der Waals surface area contributed by atoms with Gasteiger partial charge >= 0.3 is 6.09 Å². The number of likely N-dealkylation sites (tertiary alicyclic amines) is 1. The molecule has 0 atom stereocenters. The van der Waals surface area contributed by atoms with Crippen LogP contribution in [0.3, 0.4) is 0 Å². The molecule has 1 amide bonds. The van der Waals surface area contributed by atoms with Crippen LogP contribution in [-0.2, 0) is 11.3 Å². The summed E-state index contributed by atoms with van der Waals surface area (Å²) in [6, 6.07) is 8.08. The third-order valence-electron chi connectivity index (χ3n) is 5.36. The van der Waals surface area contributed by atoms with E-state index in [9.17, 15) is 4.79 Å². The normalized spacial score (nSPS) is 19.8. The van der Waals surface area contributed by atoms with Crippen molar-refractivity contribution in [1.29, 1.82) is 0 Å². The molecule has 26 heavy (non-hydrogen) atoms. The molecule has 0 unspecified atom stereocenters. The number of rotatable bonds is 4. The fourth-order valence-electron chi connectivity index (χ4n) is 3.82. The van der Waals surface area contributed by atoms with E-state index in [1.165, 1.54) is 0 Å². The van der Waals surface area contributed by atoms with Gasteiger partial charge in [-0.2, -0.15) is 5.10 Å². The van der Waals surface area contributed by atoms with Gasteiger partial charge in [-0.15, -0.1) is 0 Å². The molecule has 2 saturated heterocycles. The Labute approximate surface area is 152 Å². The van der Waals surface area contributed by atoms with E-state index < -0.39 is 0 Å². The first-order valence-corrected chi connectivity index (χ1v) is 9.04. The number of aromatic nitrogens is 2. The number of alkyl carbamates (subject to hydrolysis) is 1. The number of benzene rings is 1. The Morgan fingerprint density at radius 2 is 2.15 bits per heavy atom. The molecule has 0 saturated carbocycles. The van der Waals surface area contributed by atoms with Crippen molar-refractivity contribution in [2.24, 2.45) is 0 Å². The maximum Gasteiger partial charge on any atom is 0.407 e. The average molecular weight is 356 g/mol. The maximum absolute atomic E-state index is 11.6. The molecular formula is C19H24N4O3. The molecule has 0 aliphatic carbocycles. The Balaban J connectivity index is 1.42. The van der Waals surface area contributed by atoms with Crippen LogP contribution in [0.2, 0.25) is 0 Å². The Morgan fingerprint density at radius 1 is 1.31 bits per heavy atom. The highest BCUT2D eigenvalue weighted by Gasteiger charge is 2.40. The van der Waals surface area contributed by atoms with Gasteiger partial charge in [0.25, 0.3) is 0 Å². The van der Waals surface area contributed by atoms with Gasteiger partial charge in [0.05, 0.1) is 12.8 Å². The lowest BCUT2D eigenvalue weighted by Crippen LogP contribution is -2.53. The number of ether oxygens (including phenoxy) is 2. The van der Waals surface area contributed by atoms with E-state index in [2.05, 4.69) is 27.4 Å². The molecule has 3 heterocycles. The van der Waals surface area contributed by atoms with E-state index in [4.69, 9.17) is 9.47 Å². The van der Waals surface area contributed by atoms with Crippen LogP contribution in [0.5, 0.6) is 5.75 Å². The van der Waals surface area contributed by atoms with Crippen LogP contribution < -0.4 is 10.1 Å². The van der Waals surface area contributed by atoms with Gasteiger partial charge in [-0.25, -0.2) is 9.48 Å². The quantitative estimate of drug-likeness (QED) is 0.911. The predicted octanol–water partition coefficient (Wildman–Crippen LogP) is 2.35. The summed E-state index contributed by atoms with van der Waals surface area (Å²) in [6.45, 7) is 3.36. The van der Waals surface area contributed by atoms with Crippen molar-refractivity contribution in [1.82, 2.24) is 20.0 Å². The first kappa shape index (κ1) is 16.9. The van der Waals surface area contributed by atoms with Crippen molar-refractivity contribution in [2.45, 2.75) is 31.4 Å². The molecule has 1 spiro atoms. The van der Waals surface area contributed by atoms with Crippen LogP contribution >= 0.6 is 0 Å². The third-order valence-corrected chi connectivity index (χ3v) is 5.36. The number of methoxy groups -OCH3 is 1. The maximum atomic E-state index is 11.6. The second-order valence-electron chi connectivity index (χ2n) is 6.97. The van der Waals surface area contributed by atoms with E-state index >= 15 is 0 Å². The summed E-state index contributed by atoms with van der Waals surface area (Å²) in [5, 5.41) is 7.00. The van der Waals surface area contributed by atoms with Crippen LogP contribution in [-0.4, -0.2) is 53.1 Å². The summed E-state index contributed by atoms with van der Waals surface area (Å²) in [6.07, 6.45) is 6.06. The zero-order chi connectivity index (χ0) is 18.0. The van der Waals surface area contributed by atoms with E-state index in [1.54, 1.807) is 13.3 Å². The number of piperidine rings is 1. The third kappa shape index (κ3) is 3.39. The van der Waals surface area contributed by atoms with Crippen LogP contribution in [0.25, 0.3) is 5.69 Å². The topological polar surface area (TPSA) is 68.6 Å². The molecule has 2 fully saturated rings. The largest absolute Gasteiger partial charge is 0.496 e. The molecule has 2 aliphatic heterocycles. The number of carbonyl (C=O) groups is 1. The lowest BCUT2D eigenvalue weighted by atomic mass is 9.87. The highest BCUT2D eigenvalue weighted by molar-refractivity contribution is 5.68. The number of nitrogens with one attached hydrogen (secondary N) is 1. The van der Waals surface area contributed by atoms with Crippen molar-refractivity contribution in [3.63, 3.8) is 0 Å². The van der Waals surface area contributed by atoms with Crippen molar-refractivity contribution < 1.29 is 14.3 Å². The fraction of sp³-hybridized carbons (Fsp3) is 0.474. The van der Waals surface area contributed by atoms with Gasteiger partial charge in [-0.3, -0.25) is 4.90 Å². The van der Waals surface area contributed by atoms with Gasteiger partial charge in [0.15, 0.2) is 0 Å². The zero-order valence-electron chi connectivity index (χ0n) is 15.0. The van der Waals surface area contributed by atoms with Crippen molar-refractivity contribution in [3.8, 4) is 11.4 Å². The highest BCUT2D eigenvalue weighted by Crippen LogP contribution is 2.33. The first-order valence-electron chi connectivity index (χ1n) is 9.04. The molecule has 7 heteroatoms. The Kier molecular flexibility index (Phi) is 4.55. The fourth-order valence-corrected chi connectivity index (χ4v) is 3.82. The van der Waals surface area contributed by atoms with E-state index in [-0.39, 0.29) is 11.7 Å². The SMILES string of the molecule is COc1cc(-n2cccn2)ccc1CN1CCC2(CCNC(=O)O2)CC1. The number of hydrogen-bond donors (Lipinski definition) is 1. The Bertz CT molecular complexity index is 767. The average Bonchev–Trinajstić information content (AvgIpc) is 3.19. The number of hydrogen-bond acceptors (Lipinski definition) is 5. The van der Waals surface area contributed by atoms with E-state index in [1.807, 2.05) is 23.0 Å². The van der Waals surface area contributed by atoms with Crippen LogP contribution in [0, 0.1) is 0 Å². The zero-order valence-corrected chi connectivity index (χ0v) is 15.0. The second-order valence-corrected chi connectivity index (χ2v) is 6.97. The number of amides is 1. The van der Waals surface area contributed by atoms with Crippen molar-refractivity contribution in [3.05, 3.63) is 42.2 Å². The van der Waals surface area contributed by atoms with Crippen LogP contribution in [0.1, 0.15) is 24.8 Å². The minimum absolute atomic E-state index is 0.271. The number of carbonyl (C=O) groups excluding carboxylic acids is 1. The molecule has 1 aromatic heterocycles. The molecule has 1 aromatic carbocycles. The molecule has 4 rings (SSSR count). The first-order chi connectivity index (χ1) is 12.7. The van der Waals surface area contributed by atoms with Gasteiger partial charge in [0.1, 0.15) is 11.4 Å². The summed E-state index contributed by atoms with van der Waals surface area (Å²) in [7, 11) is 1.70. The van der Waals surface area contributed by atoms with Gasteiger partial charge in [0.2, 0.25) is 0 Å². The molecule has 1 N–H and O–H groups in total. The molecule has 2 aliphatic rings. The van der Waals surface area contributed by atoms with Gasteiger partial charge in [-0.1, -0.05) is 6.07 Å².